The predicted octanol–water partition coefficient (Wildman–Crippen LogP) is 1.37. The molecule has 3 N–H and O–H groups in total. The normalized spacial score (nSPS) is 12.9. The largest absolute Gasteiger partial charge is 0.493 e. The van der Waals surface area contributed by atoms with E-state index in [1.807, 2.05) is 0 Å². The highest BCUT2D eigenvalue weighted by molar-refractivity contribution is 6.05. The molecule has 1 aliphatic heterocycles. The summed E-state index contributed by atoms with van der Waals surface area (Å²) in [6.07, 6.45) is 1.27. The van der Waals surface area contributed by atoms with E-state index in [4.69, 9.17) is 9.84 Å². The number of aromatic hydroxyl groups is 1. The number of fused-ring (bicyclic) bond motifs is 1. The molecule has 0 fully saturated rings. The van der Waals surface area contributed by atoms with E-state index in [2.05, 4.69) is 15.6 Å². The second-order valence-corrected chi connectivity index (χ2v) is 4.41. The van der Waals surface area contributed by atoms with Crippen molar-refractivity contribution in [3.8, 4) is 11.6 Å². The third-order valence-corrected chi connectivity index (χ3v) is 2.88. The standard InChI is InChI=1S/C14H11N3O4/c18-12-4-1-8(6-15-12)14(20)16-9-2-3-11-10(5-9)17-13(19)7-21-11/h1-6H,7H2,(H,15,18)(H,16,20)(H,17,19). The highest BCUT2D eigenvalue weighted by Gasteiger charge is 2.16. The van der Waals surface area contributed by atoms with E-state index in [0.717, 1.165) is 0 Å². The van der Waals surface area contributed by atoms with Gasteiger partial charge < -0.3 is 20.5 Å². The molecule has 1 aliphatic rings. The minimum atomic E-state index is -0.370. The number of hydrogen-bond acceptors (Lipinski definition) is 5. The molecule has 21 heavy (non-hydrogen) atoms. The minimum absolute atomic E-state index is 0.0160. The first-order valence-corrected chi connectivity index (χ1v) is 6.15. The SMILES string of the molecule is O=C1COc2ccc(NC(=O)c3ccc(O)nc3)cc2N1. The molecular formula is C14H11N3O4. The summed E-state index contributed by atoms with van der Waals surface area (Å²) in [6, 6.07) is 7.73. The number of hydrogen-bond donors (Lipinski definition) is 3. The summed E-state index contributed by atoms with van der Waals surface area (Å²) in [5.74, 6) is -0.210. The fraction of sp³-hybridized carbons (Fsp3) is 0.0714. The molecule has 2 amide bonds. The van der Waals surface area contributed by atoms with Gasteiger partial charge in [-0.25, -0.2) is 4.98 Å². The zero-order chi connectivity index (χ0) is 14.8. The van der Waals surface area contributed by atoms with Crippen LogP contribution in [-0.2, 0) is 4.79 Å². The number of anilines is 2. The Morgan fingerprint density at radius 3 is 2.95 bits per heavy atom. The Balaban J connectivity index is 1.79. The summed E-state index contributed by atoms with van der Waals surface area (Å²) < 4.78 is 5.23. The Morgan fingerprint density at radius 2 is 2.19 bits per heavy atom. The molecule has 7 nitrogen and oxygen atoms in total. The zero-order valence-electron chi connectivity index (χ0n) is 10.8. The van der Waals surface area contributed by atoms with Crippen LogP contribution in [0.2, 0.25) is 0 Å². The molecule has 2 heterocycles. The second kappa shape index (κ2) is 5.12. The Labute approximate surface area is 119 Å². The Morgan fingerprint density at radius 1 is 1.33 bits per heavy atom. The predicted molar refractivity (Wildman–Crippen MR) is 74.4 cm³/mol. The van der Waals surface area contributed by atoms with E-state index in [-0.39, 0.29) is 24.3 Å². The van der Waals surface area contributed by atoms with Gasteiger partial charge in [0, 0.05) is 18.0 Å². The number of nitrogens with one attached hydrogen (secondary N) is 2. The van der Waals surface area contributed by atoms with Crippen molar-refractivity contribution in [1.29, 1.82) is 0 Å². The fourth-order valence-electron chi connectivity index (χ4n) is 1.88. The van der Waals surface area contributed by atoms with Gasteiger partial charge in [0.2, 0.25) is 5.88 Å². The van der Waals surface area contributed by atoms with Crippen molar-refractivity contribution < 1.29 is 19.4 Å². The lowest BCUT2D eigenvalue weighted by molar-refractivity contribution is -0.118. The van der Waals surface area contributed by atoms with Crippen LogP contribution in [0.25, 0.3) is 0 Å². The van der Waals surface area contributed by atoms with Crippen LogP contribution in [0.3, 0.4) is 0 Å². The molecule has 1 aromatic heterocycles. The lowest BCUT2D eigenvalue weighted by atomic mass is 10.2. The van der Waals surface area contributed by atoms with Gasteiger partial charge in [0.15, 0.2) is 6.61 Å². The van der Waals surface area contributed by atoms with E-state index >= 15 is 0 Å². The van der Waals surface area contributed by atoms with Gasteiger partial charge in [0.25, 0.3) is 11.8 Å². The number of benzene rings is 1. The molecule has 2 aromatic rings. The third-order valence-electron chi connectivity index (χ3n) is 2.88. The molecule has 0 bridgehead atoms. The van der Waals surface area contributed by atoms with Crippen LogP contribution in [0.15, 0.2) is 36.5 Å². The summed E-state index contributed by atoms with van der Waals surface area (Å²) >= 11 is 0. The van der Waals surface area contributed by atoms with Gasteiger partial charge in [-0.05, 0) is 24.3 Å². The van der Waals surface area contributed by atoms with Crippen LogP contribution in [0.1, 0.15) is 10.4 Å². The summed E-state index contributed by atoms with van der Waals surface area (Å²) in [5, 5.41) is 14.4. The Kier molecular flexibility index (Phi) is 3.15. The van der Waals surface area contributed by atoms with Gasteiger partial charge in [0.05, 0.1) is 11.3 Å². The summed E-state index contributed by atoms with van der Waals surface area (Å²) in [5.41, 5.74) is 1.33. The maximum atomic E-state index is 12.0. The van der Waals surface area contributed by atoms with Crippen molar-refractivity contribution in [2.45, 2.75) is 0 Å². The third kappa shape index (κ3) is 2.76. The number of pyridine rings is 1. The fourth-order valence-corrected chi connectivity index (χ4v) is 1.88. The van der Waals surface area contributed by atoms with E-state index < -0.39 is 0 Å². The highest BCUT2D eigenvalue weighted by Crippen LogP contribution is 2.30. The van der Waals surface area contributed by atoms with Gasteiger partial charge in [-0.1, -0.05) is 0 Å². The van der Waals surface area contributed by atoms with Crippen LogP contribution in [0.4, 0.5) is 11.4 Å². The number of carbonyl (C=O) groups is 2. The van der Waals surface area contributed by atoms with Crippen molar-refractivity contribution in [2.24, 2.45) is 0 Å². The molecular weight excluding hydrogens is 274 g/mol. The first-order chi connectivity index (χ1) is 10.1. The van der Waals surface area contributed by atoms with E-state index in [0.29, 0.717) is 22.7 Å². The van der Waals surface area contributed by atoms with E-state index in [1.54, 1.807) is 18.2 Å². The second-order valence-electron chi connectivity index (χ2n) is 4.41. The Hall–Kier alpha value is -3.09. The van der Waals surface area contributed by atoms with Crippen molar-refractivity contribution in [3.63, 3.8) is 0 Å². The van der Waals surface area contributed by atoms with Gasteiger partial charge >= 0.3 is 0 Å². The molecule has 0 saturated carbocycles. The molecule has 0 aliphatic carbocycles. The van der Waals surface area contributed by atoms with Crippen LogP contribution < -0.4 is 15.4 Å². The van der Waals surface area contributed by atoms with E-state index in [9.17, 15) is 9.59 Å². The number of carbonyl (C=O) groups excluding carboxylic acids is 2. The van der Waals surface area contributed by atoms with Crippen LogP contribution >= 0.6 is 0 Å². The van der Waals surface area contributed by atoms with Gasteiger partial charge in [-0.15, -0.1) is 0 Å². The van der Waals surface area contributed by atoms with Crippen molar-refractivity contribution >= 4 is 23.2 Å². The highest BCUT2D eigenvalue weighted by atomic mass is 16.5. The lowest BCUT2D eigenvalue weighted by Crippen LogP contribution is -2.25. The number of rotatable bonds is 2. The molecule has 7 heteroatoms. The molecule has 3 rings (SSSR count). The van der Waals surface area contributed by atoms with Crippen LogP contribution in [0, 0.1) is 0 Å². The molecule has 106 valence electrons. The van der Waals surface area contributed by atoms with Gasteiger partial charge in [-0.3, -0.25) is 9.59 Å². The Bertz CT molecular complexity index is 713. The zero-order valence-corrected chi connectivity index (χ0v) is 10.8. The number of amides is 2. The van der Waals surface area contributed by atoms with Crippen LogP contribution in [-0.4, -0.2) is 28.5 Å². The maximum Gasteiger partial charge on any atom is 0.262 e. The maximum absolute atomic E-state index is 12.0. The van der Waals surface area contributed by atoms with Gasteiger partial charge in [0.1, 0.15) is 5.75 Å². The minimum Gasteiger partial charge on any atom is -0.493 e. The molecule has 0 saturated heterocycles. The molecule has 0 radical (unpaired) electrons. The van der Waals surface area contributed by atoms with Crippen molar-refractivity contribution in [1.82, 2.24) is 4.98 Å². The van der Waals surface area contributed by atoms with E-state index in [1.165, 1.54) is 18.3 Å². The summed E-state index contributed by atoms with van der Waals surface area (Å²) in [6.45, 7) is -0.0160. The summed E-state index contributed by atoms with van der Waals surface area (Å²) in [7, 11) is 0. The molecule has 0 atom stereocenters. The average molecular weight is 285 g/mol. The van der Waals surface area contributed by atoms with Gasteiger partial charge in [-0.2, -0.15) is 0 Å². The monoisotopic (exact) mass is 285 g/mol. The molecule has 0 unspecified atom stereocenters. The smallest absolute Gasteiger partial charge is 0.262 e. The topological polar surface area (TPSA) is 101 Å². The quantitative estimate of drug-likeness (QED) is 0.773. The number of aromatic nitrogens is 1. The number of nitrogens with zero attached hydrogens (tertiary/aromatic N) is 1. The van der Waals surface area contributed by atoms with Crippen LogP contribution in [0.5, 0.6) is 11.6 Å². The molecule has 1 aromatic carbocycles. The molecule has 0 spiro atoms. The first-order valence-electron chi connectivity index (χ1n) is 6.15. The van der Waals surface area contributed by atoms with Crippen molar-refractivity contribution in [2.75, 3.05) is 17.2 Å². The lowest BCUT2D eigenvalue weighted by Gasteiger charge is -2.18. The number of ether oxygens (including phenoxy) is 1. The first kappa shape index (κ1) is 12.9. The summed E-state index contributed by atoms with van der Waals surface area (Å²) in [4.78, 5) is 26.9. The van der Waals surface area contributed by atoms with Crippen molar-refractivity contribution in [3.05, 3.63) is 42.1 Å². The average Bonchev–Trinajstić information content (AvgIpc) is 2.47.